The summed E-state index contributed by atoms with van der Waals surface area (Å²) < 4.78 is 6.98. The van der Waals surface area contributed by atoms with Crippen LogP contribution in [0.3, 0.4) is 0 Å². The molecule has 31 heavy (non-hydrogen) atoms. The Kier molecular flexibility index (Phi) is 6.20. The number of rotatable bonds is 5. The molecule has 2 heterocycles. The average Bonchev–Trinajstić information content (AvgIpc) is 3.25. The van der Waals surface area contributed by atoms with E-state index in [1.54, 1.807) is 17.0 Å². The molecule has 4 rings (SSSR count). The van der Waals surface area contributed by atoms with E-state index in [1.165, 1.54) is 12.3 Å². The van der Waals surface area contributed by atoms with Gasteiger partial charge < -0.3 is 14.7 Å². The van der Waals surface area contributed by atoms with Crippen molar-refractivity contribution in [1.82, 2.24) is 19.6 Å². The number of benzene rings is 2. The molecule has 0 atom stereocenters. The molecule has 1 N–H and O–H groups in total. The smallest absolute Gasteiger partial charge is 0.356 e. The molecule has 160 valence electrons. The zero-order valence-corrected chi connectivity index (χ0v) is 17.4. The monoisotopic (exact) mass is 440 g/mol. The van der Waals surface area contributed by atoms with Gasteiger partial charge in [-0.1, -0.05) is 29.8 Å². The van der Waals surface area contributed by atoms with E-state index in [0.29, 0.717) is 37.0 Å². The average molecular weight is 441 g/mol. The maximum atomic E-state index is 12.5. The Balaban J connectivity index is 1.32. The summed E-state index contributed by atoms with van der Waals surface area (Å²) in [5, 5.41) is 13.4. The van der Waals surface area contributed by atoms with Crippen LogP contribution in [0.5, 0.6) is 11.5 Å². The molecule has 8 nitrogen and oxygen atoms in total. The fraction of sp³-hybridized carbons (Fsp3) is 0.227. The van der Waals surface area contributed by atoms with Gasteiger partial charge in [0, 0.05) is 43.9 Å². The summed E-state index contributed by atoms with van der Waals surface area (Å²) in [6, 6.07) is 16.1. The molecule has 3 aromatic rings. The number of halogens is 1. The van der Waals surface area contributed by atoms with Crippen LogP contribution in [0.1, 0.15) is 16.1 Å². The van der Waals surface area contributed by atoms with E-state index >= 15 is 0 Å². The standard InChI is InChI=1S/C22H21ClN4O4/c23-17-4-2-6-19(14-17)31-18-5-1-3-16(13-18)15-25-9-11-26(12-10-25)22(30)27-8-7-20(24-27)21(28)29/h1-8,13-14H,9-12,15H2,(H,28,29). The normalized spacial score (nSPS) is 14.4. The van der Waals surface area contributed by atoms with Crippen molar-refractivity contribution in [3.05, 3.63) is 77.1 Å². The second-order valence-electron chi connectivity index (χ2n) is 7.20. The lowest BCUT2D eigenvalue weighted by Crippen LogP contribution is -2.49. The molecule has 0 spiro atoms. The van der Waals surface area contributed by atoms with Crippen LogP contribution in [0.4, 0.5) is 4.79 Å². The quantitative estimate of drug-likeness (QED) is 0.649. The number of hydrogen-bond acceptors (Lipinski definition) is 5. The number of carbonyl (C=O) groups excluding carboxylic acids is 1. The van der Waals surface area contributed by atoms with Crippen molar-refractivity contribution in [2.75, 3.05) is 26.2 Å². The van der Waals surface area contributed by atoms with Crippen molar-refractivity contribution in [1.29, 1.82) is 0 Å². The fourth-order valence-electron chi connectivity index (χ4n) is 3.42. The minimum atomic E-state index is -1.15. The van der Waals surface area contributed by atoms with Crippen molar-refractivity contribution in [3.63, 3.8) is 0 Å². The maximum Gasteiger partial charge on any atom is 0.356 e. The summed E-state index contributed by atoms with van der Waals surface area (Å²) in [7, 11) is 0. The minimum absolute atomic E-state index is 0.146. The number of piperazine rings is 1. The van der Waals surface area contributed by atoms with Gasteiger partial charge in [0.25, 0.3) is 0 Å². The molecule has 1 aliphatic heterocycles. The predicted octanol–water partition coefficient (Wildman–Crippen LogP) is 3.81. The third-order valence-electron chi connectivity index (χ3n) is 4.98. The number of carboxylic acids is 1. The number of nitrogens with zero attached hydrogens (tertiary/aromatic N) is 4. The zero-order valence-electron chi connectivity index (χ0n) is 16.6. The first-order chi connectivity index (χ1) is 15.0. The van der Waals surface area contributed by atoms with Gasteiger partial charge in [-0.3, -0.25) is 4.90 Å². The highest BCUT2D eigenvalue weighted by Gasteiger charge is 2.23. The van der Waals surface area contributed by atoms with Gasteiger partial charge in [0.1, 0.15) is 11.5 Å². The second kappa shape index (κ2) is 9.20. The van der Waals surface area contributed by atoms with Crippen LogP contribution in [0.2, 0.25) is 5.02 Å². The molecule has 2 aromatic carbocycles. The molecule has 0 aliphatic carbocycles. The SMILES string of the molecule is O=C(O)c1ccn(C(=O)N2CCN(Cc3cccc(Oc4cccc(Cl)c4)c3)CC2)n1. The Labute approximate surface area is 184 Å². The van der Waals surface area contributed by atoms with Crippen LogP contribution in [0.15, 0.2) is 60.8 Å². The van der Waals surface area contributed by atoms with Crippen LogP contribution in [0.25, 0.3) is 0 Å². The Hall–Kier alpha value is -3.36. The van der Waals surface area contributed by atoms with Crippen molar-refractivity contribution >= 4 is 23.6 Å². The molecule has 1 fully saturated rings. The molecule has 1 aromatic heterocycles. The van der Waals surface area contributed by atoms with Gasteiger partial charge in [0.15, 0.2) is 5.69 Å². The lowest BCUT2D eigenvalue weighted by Gasteiger charge is -2.34. The first-order valence-corrected chi connectivity index (χ1v) is 10.2. The van der Waals surface area contributed by atoms with Gasteiger partial charge in [0.05, 0.1) is 0 Å². The molecule has 9 heteroatoms. The van der Waals surface area contributed by atoms with Crippen molar-refractivity contribution in [2.45, 2.75) is 6.54 Å². The Morgan fingerprint density at radius 1 is 1.00 bits per heavy atom. The van der Waals surface area contributed by atoms with E-state index < -0.39 is 5.97 Å². The lowest BCUT2D eigenvalue weighted by molar-refractivity contribution is 0.0689. The van der Waals surface area contributed by atoms with Crippen molar-refractivity contribution < 1.29 is 19.4 Å². The van der Waals surface area contributed by atoms with Crippen LogP contribution in [-0.4, -0.2) is 62.9 Å². The largest absolute Gasteiger partial charge is 0.476 e. The summed E-state index contributed by atoms with van der Waals surface area (Å²) in [4.78, 5) is 27.4. The zero-order chi connectivity index (χ0) is 21.8. The van der Waals surface area contributed by atoms with E-state index in [4.69, 9.17) is 21.4 Å². The van der Waals surface area contributed by atoms with Crippen molar-refractivity contribution in [3.8, 4) is 11.5 Å². The third kappa shape index (κ3) is 5.22. The van der Waals surface area contributed by atoms with Gasteiger partial charge in [-0.25, -0.2) is 9.59 Å². The molecular formula is C22H21ClN4O4. The molecule has 0 bridgehead atoms. The molecule has 0 saturated carbocycles. The molecule has 1 amide bonds. The number of ether oxygens (including phenoxy) is 1. The molecule has 1 aliphatic rings. The number of aromatic carboxylic acids is 1. The summed E-state index contributed by atoms with van der Waals surface area (Å²) in [5.41, 5.74) is 0.962. The van der Waals surface area contributed by atoms with Gasteiger partial charge in [-0.15, -0.1) is 0 Å². The first-order valence-electron chi connectivity index (χ1n) is 9.81. The van der Waals surface area contributed by atoms with Crippen LogP contribution in [0, 0.1) is 0 Å². The number of aromatic nitrogens is 2. The highest BCUT2D eigenvalue weighted by Crippen LogP contribution is 2.25. The summed E-state index contributed by atoms with van der Waals surface area (Å²) in [6.45, 7) is 3.23. The highest BCUT2D eigenvalue weighted by molar-refractivity contribution is 6.30. The highest BCUT2D eigenvalue weighted by atomic mass is 35.5. The van der Waals surface area contributed by atoms with E-state index in [0.717, 1.165) is 22.5 Å². The van der Waals surface area contributed by atoms with Crippen molar-refractivity contribution in [2.24, 2.45) is 0 Å². The van der Waals surface area contributed by atoms with E-state index in [1.807, 2.05) is 36.4 Å². The Bertz CT molecular complexity index is 1090. The second-order valence-corrected chi connectivity index (χ2v) is 7.64. The maximum absolute atomic E-state index is 12.5. The molecule has 0 radical (unpaired) electrons. The number of hydrogen-bond donors (Lipinski definition) is 1. The first kappa shape index (κ1) is 20.9. The fourth-order valence-corrected chi connectivity index (χ4v) is 3.60. The van der Waals surface area contributed by atoms with Gasteiger partial charge in [-0.2, -0.15) is 9.78 Å². The summed E-state index contributed by atoms with van der Waals surface area (Å²) in [6.07, 6.45) is 1.38. The summed E-state index contributed by atoms with van der Waals surface area (Å²) >= 11 is 6.01. The van der Waals surface area contributed by atoms with Gasteiger partial charge in [-0.05, 0) is 42.0 Å². The van der Waals surface area contributed by atoms with E-state index in [-0.39, 0.29) is 11.7 Å². The minimum Gasteiger partial charge on any atom is -0.476 e. The van der Waals surface area contributed by atoms with E-state index in [9.17, 15) is 9.59 Å². The number of amides is 1. The van der Waals surface area contributed by atoms with Crippen LogP contribution in [-0.2, 0) is 6.54 Å². The van der Waals surface area contributed by atoms with Crippen LogP contribution >= 0.6 is 11.6 Å². The lowest BCUT2D eigenvalue weighted by atomic mass is 10.2. The van der Waals surface area contributed by atoms with Crippen LogP contribution < -0.4 is 4.74 Å². The number of carbonyl (C=O) groups is 2. The van der Waals surface area contributed by atoms with E-state index in [2.05, 4.69) is 10.00 Å². The Morgan fingerprint density at radius 3 is 2.39 bits per heavy atom. The predicted molar refractivity (Wildman–Crippen MR) is 115 cm³/mol. The number of carboxylic acid groups (broad SMARTS) is 1. The molecular weight excluding hydrogens is 420 g/mol. The molecule has 1 saturated heterocycles. The topological polar surface area (TPSA) is 87.9 Å². The summed E-state index contributed by atoms with van der Waals surface area (Å²) in [5.74, 6) is 0.265. The molecule has 0 unspecified atom stereocenters. The third-order valence-corrected chi connectivity index (χ3v) is 5.22. The van der Waals surface area contributed by atoms with Gasteiger partial charge >= 0.3 is 12.0 Å². The Morgan fingerprint density at radius 2 is 1.71 bits per heavy atom. The van der Waals surface area contributed by atoms with Gasteiger partial charge in [0.2, 0.25) is 0 Å².